The molecule has 9 heteroatoms. The van der Waals surface area contributed by atoms with Crippen LogP contribution in [0.3, 0.4) is 0 Å². The van der Waals surface area contributed by atoms with Gasteiger partial charge < -0.3 is 29.8 Å². The minimum atomic E-state index is -0.476. The van der Waals surface area contributed by atoms with Crippen molar-refractivity contribution in [1.82, 2.24) is 16.0 Å². The predicted octanol–water partition coefficient (Wildman–Crippen LogP) is 2.88. The lowest BCUT2D eigenvalue weighted by Gasteiger charge is -2.19. The highest BCUT2D eigenvalue weighted by Crippen LogP contribution is 2.06. The van der Waals surface area contributed by atoms with Gasteiger partial charge in [0.2, 0.25) is 0 Å². The Kier molecular flexibility index (Phi) is 13.8. The van der Waals surface area contributed by atoms with E-state index in [-0.39, 0.29) is 24.0 Å². The van der Waals surface area contributed by atoms with Gasteiger partial charge in [-0.1, -0.05) is 0 Å². The van der Waals surface area contributed by atoms with Crippen LogP contribution in [0, 0.1) is 0 Å². The Bertz CT molecular complexity index is 530. The van der Waals surface area contributed by atoms with Crippen molar-refractivity contribution in [3.8, 4) is 0 Å². The number of carbonyl (C=O) groups is 1. The van der Waals surface area contributed by atoms with Crippen LogP contribution < -0.4 is 16.0 Å². The highest BCUT2D eigenvalue weighted by Gasteiger charge is 2.15. The fraction of sp³-hybridized carbons (Fsp3) is 0.667. The van der Waals surface area contributed by atoms with Gasteiger partial charge in [0.05, 0.1) is 6.26 Å². The summed E-state index contributed by atoms with van der Waals surface area (Å²) in [4.78, 5) is 15.7. The third-order valence-electron chi connectivity index (χ3n) is 3.12. The number of hydrogen-bond donors (Lipinski definition) is 3. The molecule has 0 aliphatic heterocycles. The molecule has 0 bridgehead atoms. The second kappa shape index (κ2) is 14.6. The molecule has 0 fully saturated rings. The highest BCUT2D eigenvalue weighted by atomic mass is 127. The lowest BCUT2D eigenvalue weighted by Crippen LogP contribution is -2.39. The molecule has 27 heavy (non-hydrogen) atoms. The zero-order valence-electron chi connectivity index (χ0n) is 16.7. The minimum Gasteiger partial charge on any atom is -0.467 e. The number of aliphatic imine (C=N–C) groups is 1. The first kappa shape index (κ1) is 25.5. The van der Waals surface area contributed by atoms with Gasteiger partial charge in [-0.3, -0.25) is 4.99 Å². The Morgan fingerprint density at radius 3 is 2.41 bits per heavy atom. The number of halogens is 1. The third-order valence-corrected chi connectivity index (χ3v) is 3.12. The molecule has 0 saturated heterocycles. The SMILES string of the molecule is CN=C(NCCCNC(=O)OC(C)(C)C)NCCCOCc1ccco1.I. The van der Waals surface area contributed by atoms with Crippen LogP contribution in [0.1, 0.15) is 39.4 Å². The molecule has 3 N–H and O–H groups in total. The summed E-state index contributed by atoms with van der Waals surface area (Å²) in [5.74, 6) is 1.56. The molecule has 0 aliphatic rings. The molecule has 8 nitrogen and oxygen atoms in total. The van der Waals surface area contributed by atoms with E-state index in [9.17, 15) is 4.79 Å². The quantitative estimate of drug-likeness (QED) is 0.200. The van der Waals surface area contributed by atoms with Gasteiger partial charge in [-0.25, -0.2) is 4.79 Å². The molecule has 1 heterocycles. The monoisotopic (exact) mass is 496 g/mol. The van der Waals surface area contributed by atoms with E-state index >= 15 is 0 Å². The van der Waals surface area contributed by atoms with Crippen molar-refractivity contribution in [2.75, 3.05) is 33.3 Å². The smallest absolute Gasteiger partial charge is 0.407 e. The Labute approximate surface area is 178 Å². The predicted molar refractivity (Wildman–Crippen MR) is 117 cm³/mol. The van der Waals surface area contributed by atoms with Gasteiger partial charge in [-0.15, -0.1) is 24.0 Å². The van der Waals surface area contributed by atoms with Gasteiger partial charge in [-0.05, 0) is 45.7 Å². The highest BCUT2D eigenvalue weighted by molar-refractivity contribution is 14.0. The summed E-state index contributed by atoms with van der Waals surface area (Å²) in [5.41, 5.74) is -0.476. The molecular weight excluding hydrogens is 463 g/mol. The average Bonchev–Trinajstić information content (AvgIpc) is 3.07. The first-order valence-corrected chi connectivity index (χ1v) is 8.92. The summed E-state index contributed by atoms with van der Waals surface area (Å²) in [7, 11) is 1.72. The van der Waals surface area contributed by atoms with Gasteiger partial charge >= 0.3 is 6.09 Å². The normalized spacial score (nSPS) is 11.5. The Hall–Kier alpha value is -1.49. The number of carbonyl (C=O) groups excluding carboxylic acids is 1. The van der Waals surface area contributed by atoms with Gasteiger partial charge in [0, 0.05) is 33.3 Å². The fourth-order valence-electron chi connectivity index (χ4n) is 1.97. The van der Waals surface area contributed by atoms with Crippen molar-refractivity contribution >= 4 is 36.0 Å². The standard InChI is InChI=1S/C18H32N4O4.HI/c1-18(2,3)26-17(23)22-10-6-9-20-16(19-4)21-11-7-12-24-14-15-8-5-13-25-15;/h5,8,13H,6-7,9-12,14H2,1-4H3,(H,22,23)(H2,19,20,21);1H. The molecule has 0 aliphatic carbocycles. The maximum Gasteiger partial charge on any atom is 0.407 e. The molecule has 1 amide bonds. The van der Waals surface area contributed by atoms with Crippen molar-refractivity contribution in [3.05, 3.63) is 24.2 Å². The van der Waals surface area contributed by atoms with E-state index < -0.39 is 11.7 Å². The van der Waals surface area contributed by atoms with Crippen molar-refractivity contribution in [3.63, 3.8) is 0 Å². The van der Waals surface area contributed by atoms with Crippen LogP contribution >= 0.6 is 24.0 Å². The number of amides is 1. The number of rotatable bonds is 10. The van der Waals surface area contributed by atoms with E-state index in [2.05, 4.69) is 20.9 Å². The molecule has 0 spiro atoms. The summed E-state index contributed by atoms with van der Waals surface area (Å²) in [6.07, 6.45) is 2.88. The summed E-state index contributed by atoms with van der Waals surface area (Å²) < 4.78 is 15.9. The summed E-state index contributed by atoms with van der Waals surface area (Å²) >= 11 is 0. The van der Waals surface area contributed by atoms with Crippen LogP contribution in [0.5, 0.6) is 0 Å². The van der Waals surface area contributed by atoms with E-state index in [1.165, 1.54) is 0 Å². The third kappa shape index (κ3) is 14.3. The van der Waals surface area contributed by atoms with E-state index in [0.717, 1.165) is 31.1 Å². The molecule has 0 atom stereocenters. The van der Waals surface area contributed by atoms with E-state index in [0.29, 0.717) is 26.3 Å². The van der Waals surface area contributed by atoms with E-state index in [1.54, 1.807) is 13.3 Å². The number of ether oxygens (including phenoxy) is 2. The van der Waals surface area contributed by atoms with Crippen LogP contribution in [0.15, 0.2) is 27.8 Å². The van der Waals surface area contributed by atoms with Crippen molar-refractivity contribution in [1.29, 1.82) is 0 Å². The number of furan rings is 1. The molecule has 1 aromatic heterocycles. The fourth-order valence-corrected chi connectivity index (χ4v) is 1.97. The van der Waals surface area contributed by atoms with Crippen LogP contribution in [0.4, 0.5) is 4.79 Å². The van der Waals surface area contributed by atoms with E-state index in [4.69, 9.17) is 13.9 Å². The van der Waals surface area contributed by atoms with Crippen LogP contribution in [-0.4, -0.2) is 50.9 Å². The Balaban J connectivity index is 0.00000676. The van der Waals surface area contributed by atoms with Crippen molar-refractivity contribution in [2.24, 2.45) is 4.99 Å². The first-order chi connectivity index (χ1) is 12.4. The minimum absolute atomic E-state index is 0. The lowest BCUT2D eigenvalue weighted by atomic mass is 10.2. The lowest BCUT2D eigenvalue weighted by molar-refractivity contribution is 0.0527. The number of nitrogens with one attached hydrogen (secondary N) is 3. The molecular formula is C18H33IN4O4. The largest absolute Gasteiger partial charge is 0.467 e. The molecule has 0 radical (unpaired) electrons. The number of guanidine groups is 1. The van der Waals surface area contributed by atoms with Crippen molar-refractivity contribution in [2.45, 2.75) is 45.8 Å². The molecule has 0 saturated carbocycles. The van der Waals surface area contributed by atoms with E-state index in [1.807, 2.05) is 32.9 Å². The van der Waals surface area contributed by atoms with Gasteiger partial charge in [-0.2, -0.15) is 0 Å². The number of nitrogens with zero attached hydrogens (tertiary/aromatic N) is 1. The molecule has 0 unspecified atom stereocenters. The maximum absolute atomic E-state index is 11.5. The van der Waals surface area contributed by atoms with Gasteiger partial charge in [0.1, 0.15) is 18.0 Å². The second-order valence-corrected chi connectivity index (χ2v) is 6.69. The van der Waals surface area contributed by atoms with Crippen LogP contribution in [-0.2, 0) is 16.1 Å². The number of hydrogen-bond acceptors (Lipinski definition) is 5. The van der Waals surface area contributed by atoms with Crippen LogP contribution in [0.25, 0.3) is 0 Å². The van der Waals surface area contributed by atoms with Gasteiger partial charge in [0.25, 0.3) is 0 Å². The zero-order valence-corrected chi connectivity index (χ0v) is 19.0. The van der Waals surface area contributed by atoms with Crippen LogP contribution in [0.2, 0.25) is 0 Å². The molecule has 1 rings (SSSR count). The summed E-state index contributed by atoms with van der Waals surface area (Å²) in [5, 5.41) is 9.14. The summed E-state index contributed by atoms with van der Waals surface area (Å²) in [6.45, 7) is 8.65. The first-order valence-electron chi connectivity index (χ1n) is 8.92. The number of alkyl carbamates (subject to hydrolysis) is 1. The second-order valence-electron chi connectivity index (χ2n) is 6.69. The van der Waals surface area contributed by atoms with Gasteiger partial charge in [0.15, 0.2) is 5.96 Å². The zero-order chi connectivity index (χ0) is 19.3. The molecule has 1 aromatic rings. The molecule has 0 aromatic carbocycles. The average molecular weight is 496 g/mol. The van der Waals surface area contributed by atoms with Crippen molar-refractivity contribution < 1.29 is 18.7 Å². The summed E-state index contributed by atoms with van der Waals surface area (Å²) in [6, 6.07) is 3.74. The molecule has 156 valence electrons. The Morgan fingerprint density at radius 1 is 1.15 bits per heavy atom. The Morgan fingerprint density at radius 2 is 1.81 bits per heavy atom. The topological polar surface area (TPSA) is 97.1 Å². The maximum atomic E-state index is 11.5.